The van der Waals surface area contributed by atoms with Crippen LogP contribution in [0.25, 0.3) is 11.5 Å². The molecule has 6 heteroatoms. The number of rotatable bonds is 6. The Morgan fingerprint density at radius 2 is 2.05 bits per heavy atom. The van der Waals surface area contributed by atoms with Gasteiger partial charge in [0, 0.05) is 17.7 Å². The molecular formula is C16H26N4O2. The lowest BCUT2D eigenvalue weighted by atomic mass is 9.92. The number of nitrogens with one attached hydrogen (secondary N) is 1. The lowest BCUT2D eigenvalue weighted by Crippen LogP contribution is -2.22. The van der Waals surface area contributed by atoms with Crippen LogP contribution in [0.4, 0.5) is 0 Å². The Hall–Kier alpha value is -1.69. The summed E-state index contributed by atoms with van der Waals surface area (Å²) in [7, 11) is 0. The molecule has 0 aliphatic carbocycles. The molecular weight excluding hydrogens is 280 g/mol. The van der Waals surface area contributed by atoms with E-state index in [9.17, 15) is 0 Å². The predicted molar refractivity (Wildman–Crippen MR) is 84.5 cm³/mol. The standard InChI is InChI=1S/C16H26N4O2/c1-7-21-12(10(2)3)9-14-17-15(20-22-14)11-8-13(19-18-11)16(4,5)6/h8,10,12H,7,9H2,1-6H3,(H,18,19). The third-order valence-corrected chi connectivity index (χ3v) is 3.58. The summed E-state index contributed by atoms with van der Waals surface area (Å²) in [4.78, 5) is 4.44. The second-order valence-electron chi connectivity index (χ2n) is 6.87. The van der Waals surface area contributed by atoms with E-state index in [-0.39, 0.29) is 11.5 Å². The third kappa shape index (κ3) is 3.94. The molecule has 0 bridgehead atoms. The Balaban J connectivity index is 2.12. The molecule has 6 nitrogen and oxygen atoms in total. The fourth-order valence-electron chi connectivity index (χ4n) is 2.14. The van der Waals surface area contributed by atoms with Crippen LogP contribution in [0.1, 0.15) is 53.1 Å². The number of aromatic nitrogens is 4. The topological polar surface area (TPSA) is 76.8 Å². The first-order chi connectivity index (χ1) is 10.3. The van der Waals surface area contributed by atoms with Gasteiger partial charge in [-0.05, 0) is 18.9 Å². The van der Waals surface area contributed by atoms with Gasteiger partial charge in [-0.2, -0.15) is 10.1 Å². The van der Waals surface area contributed by atoms with Gasteiger partial charge < -0.3 is 9.26 Å². The molecule has 0 spiro atoms. The molecule has 2 heterocycles. The number of nitrogens with zero attached hydrogens (tertiary/aromatic N) is 3. The maximum absolute atomic E-state index is 5.72. The van der Waals surface area contributed by atoms with E-state index >= 15 is 0 Å². The van der Waals surface area contributed by atoms with Crippen LogP contribution < -0.4 is 0 Å². The first-order valence-corrected chi connectivity index (χ1v) is 7.81. The number of aromatic amines is 1. The minimum absolute atomic E-state index is 0.00944. The van der Waals surface area contributed by atoms with Crippen molar-refractivity contribution in [3.8, 4) is 11.5 Å². The molecule has 1 unspecified atom stereocenters. The van der Waals surface area contributed by atoms with Crippen molar-refractivity contribution in [3.05, 3.63) is 17.7 Å². The Labute approximate surface area is 131 Å². The third-order valence-electron chi connectivity index (χ3n) is 3.58. The summed E-state index contributed by atoms with van der Waals surface area (Å²) in [5, 5.41) is 11.3. The summed E-state index contributed by atoms with van der Waals surface area (Å²) in [5.74, 6) is 1.50. The summed E-state index contributed by atoms with van der Waals surface area (Å²) >= 11 is 0. The van der Waals surface area contributed by atoms with Gasteiger partial charge in [0.15, 0.2) is 0 Å². The van der Waals surface area contributed by atoms with Crippen molar-refractivity contribution in [1.82, 2.24) is 20.3 Å². The molecule has 0 aliphatic rings. The maximum Gasteiger partial charge on any atom is 0.229 e. The molecule has 2 aromatic rings. The van der Waals surface area contributed by atoms with Crippen molar-refractivity contribution in [2.45, 2.75) is 59.5 Å². The lowest BCUT2D eigenvalue weighted by Gasteiger charge is -2.18. The van der Waals surface area contributed by atoms with Gasteiger partial charge in [-0.3, -0.25) is 5.10 Å². The smallest absolute Gasteiger partial charge is 0.229 e. The number of ether oxygens (including phenoxy) is 1. The summed E-state index contributed by atoms with van der Waals surface area (Å²) in [6.45, 7) is 13.3. The highest BCUT2D eigenvalue weighted by Crippen LogP contribution is 2.24. The van der Waals surface area contributed by atoms with Crippen LogP contribution in [-0.4, -0.2) is 33.0 Å². The van der Waals surface area contributed by atoms with Gasteiger partial charge >= 0.3 is 0 Å². The number of hydrogen-bond donors (Lipinski definition) is 1. The molecule has 0 amide bonds. The van der Waals surface area contributed by atoms with Gasteiger partial charge in [-0.25, -0.2) is 0 Å². The average molecular weight is 306 g/mol. The highest BCUT2D eigenvalue weighted by atomic mass is 16.5. The van der Waals surface area contributed by atoms with Crippen molar-refractivity contribution in [3.63, 3.8) is 0 Å². The normalized spacial score (nSPS) is 13.8. The van der Waals surface area contributed by atoms with E-state index in [0.717, 1.165) is 5.69 Å². The van der Waals surface area contributed by atoms with Crippen LogP contribution >= 0.6 is 0 Å². The van der Waals surface area contributed by atoms with Crippen molar-refractivity contribution in [2.75, 3.05) is 6.61 Å². The number of H-pyrrole nitrogens is 1. The van der Waals surface area contributed by atoms with E-state index in [1.807, 2.05) is 13.0 Å². The molecule has 0 aromatic carbocycles. The van der Waals surface area contributed by atoms with E-state index < -0.39 is 0 Å². The Bertz CT molecular complexity index is 595. The minimum atomic E-state index is 0.00944. The second-order valence-corrected chi connectivity index (χ2v) is 6.87. The van der Waals surface area contributed by atoms with Crippen LogP contribution in [0, 0.1) is 5.92 Å². The molecule has 2 aromatic heterocycles. The molecule has 0 saturated heterocycles. The van der Waals surface area contributed by atoms with Gasteiger partial charge in [-0.1, -0.05) is 39.8 Å². The zero-order valence-corrected chi connectivity index (χ0v) is 14.3. The predicted octanol–water partition coefficient (Wildman–Crippen LogP) is 3.36. The summed E-state index contributed by atoms with van der Waals surface area (Å²) in [6.07, 6.45) is 0.706. The van der Waals surface area contributed by atoms with Gasteiger partial charge in [0.1, 0.15) is 5.69 Å². The van der Waals surface area contributed by atoms with E-state index in [0.29, 0.717) is 36.4 Å². The molecule has 0 aliphatic heterocycles. The van der Waals surface area contributed by atoms with Crippen LogP contribution in [-0.2, 0) is 16.6 Å². The van der Waals surface area contributed by atoms with Crippen LogP contribution in [0.5, 0.6) is 0 Å². The fraction of sp³-hybridized carbons (Fsp3) is 0.688. The van der Waals surface area contributed by atoms with Crippen molar-refractivity contribution in [1.29, 1.82) is 0 Å². The van der Waals surface area contributed by atoms with E-state index in [1.165, 1.54) is 0 Å². The molecule has 0 radical (unpaired) electrons. The SMILES string of the molecule is CCOC(Cc1nc(-c2cc(C(C)(C)C)[nH]n2)no1)C(C)C. The molecule has 22 heavy (non-hydrogen) atoms. The van der Waals surface area contributed by atoms with Crippen molar-refractivity contribution < 1.29 is 9.26 Å². The Morgan fingerprint density at radius 1 is 1.32 bits per heavy atom. The zero-order chi connectivity index (χ0) is 16.3. The first-order valence-electron chi connectivity index (χ1n) is 7.81. The Kier molecular flexibility index (Phi) is 5.01. The maximum atomic E-state index is 5.72. The molecule has 0 fully saturated rings. The van der Waals surface area contributed by atoms with Gasteiger partial charge in [-0.15, -0.1) is 0 Å². The van der Waals surface area contributed by atoms with E-state index in [4.69, 9.17) is 9.26 Å². The number of hydrogen-bond acceptors (Lipinski definition) is 5. The summed E-state index contributed by atoms with van der Waals surface area (Å²) < 4.78 is 11.1. The van der Waals surface area contributed by atoms with Crippen molar-refractivity contribution >= 4 is 0 Å². The lowest BCUT2D eigenvalue weighted by molar-refractivity contribution is 0.0259. The molecule has 122 valence electrons. The second kappa shape index (κ2) is 6.60. The van der Waals surface area contributed by atoms with E-state index in [2.05, 4.69) is 55.0 Å². The summed E-state index contributed by atoms with van der Waals surface area (Å²) in [5.41, 5.74) is 1.76. The van der Waals surface area contributed by atoms with Crippen LogP contribution in [0.3, 0.4) is 0 Å². The largest absolute Gasteiger partial charge is 0.378 e. The fourth-order valence-corrected chi connectivity index (χ4v) is 2.14. The highest BCUT2D eigenvalue weighted by molar-refractivity contribution is 5.49. The van der Waals surface area contributed by atoms with Gasteiger partial charge in [0.25, 0.3) is 0 Å². The van der Waals surface area contributed by atoms with Crippen LogP contribution in [0.15, 0.2) is 10.6 Å². The zero-order valence-electron chi connectivity index (χ0n) is 14.3. The monoisotopic (exact) mass is 306 g/mol. The van der Waals surface area contributed by atoms with Crippen LogP contribution in [0.2, 0.25) is 0 Å². The molecule has 2 rings (SSSR count). The molecule has 1 atom stereocenters. The summed E-state index contributed by atoms with van der Waals surface area (Å²) in [6, 6.07) is 1.97. The molecule has 0 saturated carbocycles. The van der Waals surface area contributed by atoms with Gasteiger partial charge in [0.2, 0.25) is 11.7 Å². The molecule has 1 N–H and O–H groups in total. The first kappa shape index (κ1) is 16.7. The quantitative estimate of drug-likeness (QED) is 0.885. The average Bonchev–Trinajstić information content (AvgIpc) is 3.05. The highest BCUT2D eigenvalue weighted by Gasteiger charge is 2.21. The van der Waals surface area contributed by atoms with E-state index in [1.54, 1.807) is 0 Å². The van der Waals surface area contributed by atoms with Gasteiger partial charge in [0.05, 0.1) is 12.5 Å². The Morgan fingerprint density at radius 3 is 2.59 bits per heavy atom. The van der Waals surface area contributed by atoms with Crippen molar-refractivity contribution in [2.24, 2.45) is 5.92 Å². The minimum Gasteiger partial charge on any atom is -0.378 e.